The van der Waals surface area contributed by atoms with Crippen LogP contribution in [0.15, 0.2) is 57.2 Å². The molecule has 1 aliphatic heterocycles. The molecule has 2 amide bonds. The lowest BCUT2D eigenvalue weighted by molar-refractivity contribution is -0.136. The first-order valence-electron chi connectivity index (χ1n) is 12.3. The van der Waals surface area contributed by atoms with Gasteiger partial charge in [0.05, 0.1) is 42.1 Å². The summed E-state index contributed by atoms with van der Waals surface area (Å²) >= 11 is 3.48. The largest absolute Gasteiger partial charge is 0.490 e. The van der Waals surface area contributed by atoms with Crippen molar-refractivity contribution in [3.63, 3.8) is 0 Å². The summed E-state index contributed by atoms with van der Waals surface area (Å²) in [6.45, 7) is 7.57. The highest BCUT2D eigenvalue weighted by atomic mass is 79.9. The van der Waals surface area contributed by atoms with Gasteiger partial charge in [0.1, 0.15) is 12.4 Å². The van der Waals surface area contributed by atoms with Crippen molar-refractivity contribution in [1.29, 1.82) is 0 Å². The molecule has 1 aliphatic rings. The van der Waals surface area contributed by atoms with Crippen molar-refractivity contribution in [1.82, 2.24) is 16.1 Å². The highest BCUT2D eigenvalue weighted by Gasteiger charge is 2.32. The van der Waals surface area contributed by atoms with Crippen LogP contribution in [0.4, 0.5) is 4.79 Å². The smallest absolute Gasteiger partial charge is 0.337 e. The molecule has 0 aromatic heterocycles. The summed E-state index contributed by atoms with van der Waals surface area (Å²) in [7, 11) is 1.28. The van der Waals surface area contributed by atoms with E-state index in [0.29, 0.717) is 29.4 Å². The summed E-state index contributed by atoms with van der Waals surface area (Å²) in [6, 6.07) is 9.38. The van der Waals surface area contributed by atoms with Crippen LogP contribution in [0.3, 0.4) is 0 Å². The Balaban J connectivity index is 1.66. The lowest BCUT2D eigenvalue weighted by atomic mass is 9.95. The first kappa shape index (κ1) is 29.8. The molecule has 2 atom stereocenters. The maximum absolute atomic E-state index is 12.4. The van der Waals surface area contributed by atoms with E-state index in [2.05, 4.69) is 37.1 Å². The molecule has 0 saturated carbocycles. The first-order valence-corrected chi connectivity index (χ1v) is 13.1. The molecule has 0 spiro atoms. The Morgan fingerprint density at radius 1 is 1.18 bits per heavy atom. The number of aliphatic hydroxyl groups is 1. The van der Waals surface area contributed by atoms with Gasteiger partial charge >= 0.3 is 12.0 Å². The molecular weight excluding hydrogens is 572 g/mol. The van der Waals surface area contributed by atoms with Crippen LogP contribution < -0.4 is 30.3 Å². The number of urea groups is 1. The number of carbonyl (C=O) groups is 2. The summed E-state index contributed by atoms with van der Waals surface area (Å²) in [5, 5.41) is 19.7. The molecular formula is C27H33BrN4O7. The Morgan fingerprint density at radius 2 is 1.92 bits per heavy atom. The fourth-order valence-corrected chi connectivity index (χ4v) is 4.26. The molecule has 39 heavy (non-hydrogen) atoms. The second-order valence-corrected chi connectivity index (χ2v) is 9.63. The molecule has 0 fully saturated rings. The minimum absolute atomic E-state index is 0.0564. The third kappa shape index (κ3) is 8.11. The van der Waals surface area contributed by atoms with Crippen LogP contribution >= 0.6 is 15.9 Å². The molecule has 210 valence electrons. The third-order valence-corrected chi connectivity index (χ3v) is 6.05. The number of amides is 2. The number of aliphatic hydroxyl groups excluding tert-OH is 1. The minimum Gasteiger partial charge on any atom is -0.490 e. The maximum Gasteiger partial charge on any atom is 0.337 e. The number of methoxy groups -OCH3 is 1. The Labute approximate surface area is 235 Å². The number of benzene rings is 2. The summed E-state index contributed by atoms with van der Waals surface area (Å²) in [4.78, 5) is 24.5. The van der Waals surface area contributed by atoms with Gasteiger partial charge in [-0.15, -0.1) is 0 Å². The number of hydrogen-bond acceptors (Lipinski definition) is 9. The second-order valence-electron chi connectivity index (χ2n) is 8.77. The van der Waals surface area contributed by atoms with Crippen molar-refractivity contribution in [3.05, 3.63) is 63.3 Å². The quantitative estimate of drug-likeness (QED) is 0.124. The maximum atomic E-state index is 12.4. The predicted molar refractivity (Wildman–Crippen MR) is 149 cm³/mol. The van der Waals surface area contributed by atoms with Crippen LogP contribution in [0.1, 0.15) is 44.9 Å². The third-order valence-electron chi connectivity index (χ3n) is 5.43. The van der Waals surface area contributed by atoms with Crippen LogP contribution in [-0.2, 0) is 9.53 Å². The first-order chi connectivity index (χ1) is 18.6. The van der Waals surface area contributed by atoms with Crippen LogP contribution in [0, 0.1) is 0 Å². The van der Waals surface area contributed by atoms with Crippen LogP contribution in [-0.4, -0.2) is 56.0 Å². The average molecular weight is 605 g/mol. The van der Waals surface area contributed by atoms with Crippen LogP contribution in [0.5, 0.6) is 17.2 Å². The zero-order valence-corrected chi connectivity index (χ0v) is 24.0. The molecule has 0 radical (unpaired) electrons. The van der Waals surface area contributed by atoms with E-state index in [1.165, 1.54) is 7.11 Å². The number of ether oxygens (including phenoxy) is 4. The standard InChI is InChI=1S/C27H33BrN4O7/c1-6-37-22-12-18(25-24(26(34)36-5)16(4)30-27(35)31-25)8-10-21(22)38-14-23(33)32-29-13-17-7-9-20(19(28)11-17)39-15(2)3/h7-13,15,23,25,32-33H,6,14H2,1-5H3,(H2,30,31,35)/b29-13+/t23-,25-/m1/s1. The average Bonchev–Trinajstić information content (AvgIpc) is 2.88. The minimum atomic E-state index is -1.11. The predicted octanol–water partition coefficient (Wildman–Crippen LogP) is 3.76. The van der Waals surface area contributed by atoms with Gasteiger partial charge in [-0.2, -0.15) is 5.10 Å². The van der Waals surface area contributed by atoms with E-state index in [4.69, 9.17) is 18.9 Å². The number of halogens is 1. The summed E-state index contributed by atoms with van der Waals surface area (Å²) in [5.74, 6) is 0.921. The Morgan fingerprint density at radius 3 is 2.59 bits per heavy atom. The number of hydrazone groups is 1. The lowest BCUT2D eigenvalue weighted by Gasteiger charge is -2.28. The van der Waals surface area contributed by atoms with Gasteiger partial charge < -0.3 is 34.7 Å². The fraction of sp³-hybridized carbons (Fsp3) is 0.370. The number of hydrogen-bond donors (Lipinski definition) is 4. The van der Waals surface area contributed by atoms with Gasteiger partial charge in [-0.25, -0.2) is 9.59 Å². The summed E-state index contributed by atoms with van der Waals surface area (Å²) < 4.78 is 22.9. The second kappa shape index (κ2) is 13.9. The highest BCUT2D eigenvalue weighted by molar-refractivity contribution is 9.10. The van der Waals surface area contributed by atoms with Crippen LogP contribution in [0.25, 0.3) is 0 Å². The Kier molecular flexibility index (Phi) is 10.6. The number of rotatable bonds is 12. The molecule has 3 rings (SSSR count). The zero-order chi connectivity index (χ0) is 28.5. The number of carbonyl (C=O) groups excluding carboxylic acids is 2. The number of allylic oxidation sites excluding steroid dienone is 1. The SMILES string of the molecule is CCOc1cc([C@H]2NC(=O)NC(C)=C2C(=O)OC)ccc1OC[C@@H](O)N/N=C/c1ccc(OC(C)C)c(Br)c1. The molecule has 0 saturated heterocycles. The molecule has 4 N–H and O–H groups in total. The van der Waals surface area contributed by atoms with Crippen molar-refractivity contribution < 1.29 is 33.6 Å². The van der Waals surface area contributed by atoms with Gasteiger partial charge in [-0.3, -0.25) is 5.43 Å². The van der Waals surface area contributed by atoms with Gasteiger partial charge in [0, 0.05) is 5.70 Å². The topological polar surface area (TPSA) is 140 Å². The lowest BCUT2D eigenvalue weighted by Crippen LogP contribution is -2.45. The van der Waals surface area contributed by atoms with Crippen molar-refractivity contribution in [3.8, 4) is 17.2 Å². The van der Waals surface area contributed by atoms with Crippen molar-refractivity contribution in [2.24, 2.45) is 5.10 Å². The van der Waals surface area contributed by atoms with Gasteiger partial charge in [0.15, 0.2) is 17.7 Å². The molecule has 1 heterocycles. The molecule has 11 nitrogen and oxygen atoms in total. The normalized spacial score (nSPS) is 16.0. The van der Waals surface area contributed by atoms with E-state index in [9.17, 15) is 14.7 Å². The van der Waals surface area contributed by atoms with Crippen molar-refractivity contribution in [2.45, 2.75) is 46.1 Å². The van der Waals surface area contributed by atoms with Crippen molar-refractivity contribution in [2.75, 3.05) is 20.3 Å². The van der Waals surface area contributed by atoms with E-state index >= 15 is 0 Å². The fourth-order valence-electron chi connectivity index (χ4n) is 3.77. The molecule has 2 aromatic rings. The van der Waals surface area contributed by atoms with Gasteiger partial charge in [0.2, 0.25) is 0 Å². The monoisotopic (exact) mass is 604 g/mol. The highest BCUT2D eigenvalue weighted by Crippen LogP contribution is 2.35. The van der Waals surface area contributed by atoms with E-state index in [0.717, 1.165) is 15.8 Å². The molecule has 2 aromatic carbocycles. The van der Waals surface area contributed by atoms with E-state index < -0.39 is 24.3 Å². The molecule has 0 bridgehead atoms. The van der Waals surface area contributed by atoms with Crippen molar-refractivity contribution >= 4 is 34.1 Å². The van der Waals surface area contributed by atoms with Crippen LogP contribution in [0.2, 0.25) is 0 Å². The van der Waals surface area contributed by atoms with Gasteiger partial charge in [-0.05, 0) is 85.1 Å². The Hall–Kier alpha value is -3.77. The molecule has 0 aliphatic carbocycles. The van der Waals surface area contributed by atoms with E-state index in [1.54, 1.807) is 31.3 Å². The van der Waals surface area contributed by atoms with E-state index in [1.807, 2.05) is 39.0 Å². The summed E-state index contributed by atoms with van der Waals surface area (Å²) in [5.41, 5.74) is 4.69. The Bertz CT molecular complexity index is 1250. The summed E-state index contributed by atoms with van der Waals surface area (Å²) in [6.07, 6.45) is 0.512. The van der Waals surface area contributed by atoms with E-state index in [-0.39, 0.29) is 18.3 Å². The number of nitrogens with zero attached hydrogens (tertiary/aromatic N) is 1. The zero-order valence-electron chi connectivity index (χ0n) is 22.4. The number of nitrogens with one attached hydrogen (secondary N) is 3. The number of esters is 1. The van der Waals surface area contributed by atoms with Gasteiger partial charge in [0.25, 0.3) is 0 Å². The molecule has 0 unspecified atom stereocenters. The molecule has 12 heteroatoms. The van der Waals surface area contributed by atoms with Gasteiger partial charge in [-0.1, -0.05) is 6.07 Å².